The van der Waals surface area contributed by atoms with Crippen molar-refractivity contribution in [3.63, 3.8) is 0 Å². The number of hydrogen-bond acceptors (Lipinski definition) is 3. The van der Waals surface area contributed by atoms with Gasteiger partial charge in [0.2, 0.25) is 0 Å². The molecule has 0 aromatic heterocycles. The van der Waals surface area contributed by atoms with E-state index in [1.165, 1.54) is 11.3 Å². The molecule has 2 aromatic rings. The van der Waals surface area contributed by atoms with Gasteiger partial charge in [-0.15, -0.1) is 0 Å². The molecule has 0 radical (unpaired) electrons. The lowest BCUT2D eigenvalue weighted by molar-refractivity contribution is 0.307. The topological polar surface area (TPSA) is 38.5 Å². The van der Waals surface area contributed by atoms with Gasteiger partial charge in [-0.1, -0.05) is 30.3 Å². The van der Waals surface area contributed by atoms with E-state index in [2.05, 4.69) is 41.3 Å². The molecule has 0 fully saturated rings. The first-order valence-electron chi connectivity index (χ1n) is 7.14. The Hall–Kier alpha value is -2.16. The van der Waals surface area contributed by atoms with Crippen LogP contribution < -0.4 is 15.4 Å². The van der Waals surface area contributed by atoms with Crippen molar-refractivity contribution in [2.45, 2.75) is 12.8 Å². The summed E-state index contributed by atoms with van der Waals surface area (Å²) in [7, 11) is 0. The zero-order chi connectivity index (χ0) is 13.8. The van der Waals surface area contributed by atoms with Gasteiger partial charge in [0.05, 0.1) is 12.2 Å². The van der Waals surface area contributed by atoms with E-state index in [1.54, 1.807) is 0 Å². The molecule has 2 aromatic carbocycles. The van der Waals surface area contributed by atoms with Crippen LogP contribution in [-0.2, 0) is 6.42 Å². The van der Waals surface area contributed by atoms with E-state index in [-0.39, 0.29) is 0 Å². The average Bonchev–Trinajstić information content (AvgIpc) is 2.48. The predicted molar refractivity (Wildman–Crippen MR) is 83.3 cm³/mol. The lowest BCUT2D eigenvalue weighted by Crippen LogP contribution is -2.33. The maximum atomic E-state index is 5.80. The molecular formula is C17H20N2O. The zero-order valence-electron chi connectivity index (χ0n) is 11.6. The summed E-state index contributed by atoms with van der Waals surface area (Å²) in [5.41, 5.74) is 9.13. The summed E-state index contributed by atoms with van der Waals surface area (Å²) < 4.78 is 5.68. The maximum Gasteiger partial charge on any atom is 0.144 e. The van der Waals surface area contributed by atoms with Gasteiger partial charge in [0, 0.05) is 18.3 Å². The van der Waals surface area contributed by atoms with Crippen LogP contribution in [0.1, 0.15) is 12.0 Å². The van der Waals surface area contributed by atoms with Crippen molar-refractivity contribution >= 4 is 11.4 Å². The molecule has 20 heavy (non-hydrogen) atoms. The van der Waals surface area contributed by atoms with Crippen LogP contribution in [0.2, 0.25) is 0 Å². The minimum Gasteiger partial charge on any atom is -0.489 e. The highest BCUT2D eigenvalue weighted by Crippen LogP contribution is 2.33. The first-order chi connectivity index (χ1) is 9.83. The molecule has 1 aliphatic heterocycles. The fraction of sp³-hybridized carbons (Fsp3) is 0.294. The van der Waals surface area contributed by atoms with Gasteiger partial charge in [-0.05, 0) is 30.5 Å². The second kappa shape index (κ2) is 5.87. The van der Waals surface area contributed by atoms with Crippen molar-refractivity contribution < 1.29 is 4.74 Å². The molecule has 0 bridgehead atoms. The molecule has 0 atom stereocenters. The Morgan fingerprint density at radius 2 is 1.95 bits per heavy atom. The highest BCUT2D eigenvalue weighted by atomic mass is 16.5. The molecular weight excluding hydrogens is 248 g/mol. The largest absolute Gasteiger partial charge is 0.489 e. The summed E-state index contributed by atoms with van der Waals surface area (Å²) in [6, 6.07) is 16.6. The van der Waals surface area contributed by atoms with Crippen LogP contribution in [0.25, 0.3) is 0 Å². The molecule has 0 saturated carbocycles. The van der Waals surface area contributed by atoms with E-state index >= 15 is 0 Å². The molecule has 0 saturated heterocycles. The molecule has 3 rings (SSSR count). The first kappa shape index (κ1) is 12.9. The van der Waals surface area contributed by atoms with Crippen molar-refractivity contribution in [3.05, 3.63) is 54.1 Å². The third kappa shape index (κ3) is 2.87. The lowest BCUT2D eigenvalue weighted by Gasteiger charge is -2.31. The first-order valence-corrected chi connectivity index (χ1v) is 7.14. The van der Waals surface area contributed by atoms with Crippen LogP contribution in [-0.4, -0.2) is 19.7 Å². The summed E-state index contributed by atoms with van der Waals surface area (Å²) >= 11 is 0. The van der Waals surface area contributed by atoms with Crippen molar-refractivity contribution in [1.29, 1.82) is 0 Å². The second-order valence-electron chi connectivity index (χ2n) is 5.15. The summed E-state index contributed by atoms with van der Waals surface area (Å²) in [4.78, 5) is 2.39. The van der Waals surface area contributed by atoms with E-state index in [1.807, 2.05) is 12.1 Å². The van der Waals surface area contributed by atoms with E-state index in [0.717, 1.165) is 44.0 Å². The number of rotatable bonds is 4. The number of ether oxygens (including phenoxy) is 1. The normalized spacial score (nSPS) is 13.7. The maximum absolute atomic E-state index is 5.80. The van der Waals surface area contributed by atoms with Crippen molar-refractivity contribution in [1.82, 2.24) is 0 Å². The van der Waals surface area contributed by atoms with Gasteiger partial charge in [-0.3, -0.25) is 0 Å². The second-order valence-corrected chi connectivity index (χ2v) is 5.15. The van der Waals surface area contributed by atoms with Gasteiger partial charge < -0.3 is 15.4 Å². The van der Waals surface area contributed by atoms with E-state index in [4.69, 9.17) is 10.5 Å². The monoisotopic (exact) mass is 268 g/mol. The van der Waals surface area contributed by atoms with Gasteiger partial charge in [-0.2, -0.15) is 0 Å². The number of aryl methyl sites for hydroxylation is 1. The third-order valence-electron chi connectivity index (χ3n) is 3.68. The van der Waals surface area contributed by atoms with Gasteiger partial charge in [0.25, 0.3) is 0 Å². The summed E-state index contributed by atoms with van der Waals surface area (Å²) in [5.74, 6) is 0.913. The molecule has 1 aliphatic rings. The van der Waals surface area contributed by atoms with E-state index < -0.39 is 0 Å². The molecule has 2 N–H and O–H groups in total. The lowest BCUT2D eigenvalue weighted by atomic mass is 10.1. The Labute approximate surface area is 120 Å². The number of hydrogen-bond donors (Lipinski definition) is 1. The SMILES string of the molecule is Nc1ccc2c(c1)OCCN2CCCc1ccccc1. The molecule has 104 valence electrons. The average molecular weight is 268 g/mol. The van der Waals surface area contributed by atoms with Gasteiger partial charge in [0.15, 0.2) is 0 Å². The minimum absolute atomic E-state index is 0.738. The molecule has 0 unspecified atom stereocenters. The zero-order valence-corrected chi connectivity index (χ0v) is 11.6. The fourth-order valence-electron chi connectivity index (χ4n) is 2.64. The Bertz CT molecular complexity index is 568. The van der Waals surface area contributed by atoms with Gasteiger partial charge in [-0.25, -0.2) is 0 Å². The van der Waals surface area contributed by atoms with E-state index in [0.29, 0.717) is 0 Å². The number of nitrogens with two attached hydrogens (primary N) is 1. The van der Waals surface area contributed by atoms with Crippen LogP contribution in [0, 0.1) is 0 Å². The van der Waals surface area contributed by atoms with Crippen LogP contribution in [0.5, 0.6) is 5.75 Å². The minimum atomic E-state index is 0.738. The Morgan fingerprint density at radius 1 is 1.10 bits per heavy atom. The molecule has 3 nitrogen and oxygen atoms in total. The third-order valence-corrected chi connectivity index (χ3v) is 3.68. The van der Waals surface area contributed by atoms with Crippen molar-refractivity contribution in [2.24, 2.45) is 0 Å². The number of benzene rings is 2. The van der Waals surface area contributed by atoms with Crippen LogP contribution >= 0.6 is 0 Å². The van der Waals surface area contributed by atoms with Crippen molar-refractivity contribution in [3.8, 4) is 5.75 Å². The van der Waals surface area contributed by atoms with Crippen LogP contribution in [0.4, 0.5) is 11.4 Å². The smallest absolute Gasteiger partial charge is 0.144 e. The molecule has 1 heterocycles. The van der Waals surface area contributed by atoms with Crippen LogP contribution in [0.3, 0.4) is 0 Å². The summed E-state index contributed by atoms with van der Waals surface area (Å²) in [5, 5.41) is 0. The summed E-state index contributed by atoms with van der Waals surface area (Å²) in [6.07, 6.45) is 2.26. The highest BCUT2D eigenvalue weighted by molar-refractivity contribution is 5.65. The standard InChI is InChI=1S/C17H20N2O/c18-15-8-9-16-17(13-15)20-12-11-19(16)10-4-7-14-5-2-1-3-6-14/h1-3,5-6,8-9,13H,4,7,10-12,18H2. The van der Waals surface area contributed by atoms with Crippen molar-refractivity contribution in [2.75, 3.05) is 30.3 Å². The van der Waals surface area contributed by atoms with E-state index in [9.17, 15) is 0 Å². The number of fused-ring (bicyclic) bond motifs is 1. The molecule has 0 amide bonds. The number of nitrogen functional groups attached to an aromatic ring is 1. The summed E-state index contributed by atoms with van der Waals surface area (Å²) in [6.45, 7) is 2.74. The number of nitrogens with zero attached hydrogens (tertiary/aromatic N) is 1. The predicted octanol–water partition coefficient (Wildman–Crippen LogP) is 3.10. The Kier molecular flexibility index (Phi) is 3.77. The quantitative estimate of drug-likeness (QED) is 0.866. The molecule has 3 heteroatoms. The van der Waals surface area contributed by atoms with Gasteiger partial charge >= 0.3 is 0 Å². The molecule has 0 aliphatic carbocycles. The Morgan fingerprint density at radius 3 is 2.80 bits per heavy atom. The Balaban J connectivity index is 1.62. The molecule has 0 spiro atoms. The fourth-order valence-corrected chi connectivity index (χ4v) is 2.64. The highest BCUT2D eigenvalue weighted by Gasteiger charge is 2.17. The number of anilines is 2. The van der Waals surface area contributed by atoms with Gasteiger partial charge in [0.1, 0.15) is 12.4 Å². The van der Waals surface area contributed by atoms with Crippen LogP contribution in [0.15, 0.2) is 48.5 Å².